The van der Waals surface area contributed by atoms with Gasteiger partial charge in [0.25, 0.3) is 0 Å². The number of ether oxygens (including phenoxy) is 2. The SMILES string of the molecule is COc1ccc(-c2cc(CNS(=O)(=O)c3ccc(C)cc3)on2)cc1OC. The van der Waals surface area contributed by atoms with Gasteiger partial charge in [-0.3, -0.25) is 0 Å². The Hall–Kier alpha value is -2.84. The number of aryl methyl sites for hydroxylation is 1. The van der Waals surface area contributed by atoms with E-state index in [0.29, 0.717) is 23.0 Å². The summed E-state index contributed by atoms with van der Waals surface area (Å²) in [7, 11) is -0.512. The van der Waals surface area contributed by atoms with Gasteiger partial charge in [-0.1, -0.05) is 22.9 Å². The number of aromatic nitrogens is 1. The second-order valence-corrected chi connectivity index (χ2v) is 7.65. The number of nitrogens with zero attached hydrogens (tertiary/aromatic N) is 1. The highest BCUT2D eigenvalue weighted by molar-refractivity contribution is 7.89. The Bertz CT molecular complexity index is 1030. The second kappa shape index (κ2) is 7.81. The minimum Gasteiger partial charge on any atom is -0.493 e. The second-order valence-electron chi connectivity index (χ2n) is 5.89. The molecule has 3 aromatic rings. The Morgan fingerprint density at radius 2 is 1.70 bits per heavy atom. The van der Waals surface area contributed by atoms with Crippen LogP contribution in [0, 0.1) is 6.92 Å². The molecule has 0 atom stereocenters. The first-order valence-corrected chi connectivity index (χ1v) is 9.65. The van der Waals surface area contributed by atoms with Crippen LogP contribution >= 0.6 is 0 Å². The van der Waals surface area contributed by atoms with Crippen molar-refractivity contribution in [2.45, 2.75) is 18.4 Å². The molecule has 0 aliphatic carbocycles. The van der Waals surface area contributed by atoms with E-state index in [1.807, 2.05) is 13.0 Å². The Kier molecular flexibility index (Phi) is 5.48. The molecule has 0 bridgehead atoms. The average molecular weight is 388 g/mol. The van der Waals surface area contributed by atoms with Crippen molar-refractivity contribution in [1.82, 2.24) is 9.88 Å². The summed E-state index contributed by atoms with van der Waals surface area (Å²) in [6.45, 7) is 1.89. The molecule has 0 saturated heterocycles. The molecule has 0 aliphatic heterocycles. The predicted octanol–water partition coefficient (Wildman–Crippen LogP) is 3.15. The van der Waals surface area contributed by atoms with Gasteiger partial charge in [-0.25, -0.2) is 13.1 Å². The lowest BCUT2D eigenvalue weighted by atomic mass is 10.1. The lowest BCUT2D eigenvalue weighted by Gasteiger charge is -2.07. The summed E-state index contributed by atoms with van der Waals surface area (Å²) in [5, 5.41) is 4.00. The average Bonchev–Trinajstić information content (AvgIpc) is 3.15. The van der Waals surface area contributed by atoms with Gasteiger partial charge in [0.05, 0.1) is 25.7 Å². The summed E-state index contributed by atoms with van der Waals surface area (Å²) in [5.41, 5.74) is 2.33. The van der Waals surface area contributed by atoms with Crippen LogP contribution in [0.4, 0.5) is 0 Å². The van der Waals surface area contributed by atoms with E-state index in [1.165, 1.54) is 0 Å². The molecular weight excluding hydrogens is 368 g/mol. The molecule has 0 spiro atoms. The maximum atomic E-state index is 12.3. The molecule has 0 amide bonds. The van der Waals surface area contributed by atoms with E-state index >= 15 is 0 Å². The van der Waals surface area contributed by atoms with Crippen LogP contribution in [-0.2, 0) is 16.6 Å². The van der Waals surface area contributed by atoms with E-state index in [2.05, 4.69) is 9.88 Å². The first-order chi connectivity index (χ1) is 12.9. The Labute approximate surface area is 158 Å². The summed E-state index contributed by atoms with van der Waals surface area (Å²) in [6.07, 6.45) is 0. The van der Waals surface area contributed by atoms with Crippen LogP contribution in [0.2, 0.25) is 0 Å². The van der Waals surface area contributed by atoms with E-state index in [9.17, 15) is 8.42 Å². The van der Waals surface area contributed by atoms with Gasteiger partial charge in [-0.15, -0.1) is 0 Å². The van der Waals surface area contributed by atoms with Gasteiger partial charge in [-0.2, -0.15) is 0 Å². The zero-order chi connectivity index (χ0) is 19.4. The highest BCUT2D eigenvalue weighted by atomic mass is 32.2. The molecule has 3 rings (SSSR count). The number of nitrogens with one attached hydrogen (secondary N) is 1. The Balaban J connectivity index is 1.74. The Morgan fingerprint density at radius 1 is 1.00 bits per heavy atom. The van der Waals surface area contributed by atoms with Gasteiger partial charge in [-0.05, 0) is 37.3 Å². The van der Waals surface area contributed by atoms with Crippen molar-refractivity contribution in [1.29, 1.82) is 0 Å². The van der Waals surface area contributed by atoms with Crippen LogP contribution in [0.15, 0.2) is 57.9 Å². The molecule has 0 fully saturated rings. The fourth-order valence-corrected chi connectivity index (χ4v) is 3.49. The van der Waals surface area contributed by atoms with E-state index < -0.39 is 10.0 Å². The van der Waals surface area contributed by atoms with Crippen molar-refractivity contribution in [2.24, 2.45) is 0 Å². The van der Waals surface area contributed by atoms with E-state index in [1.54, 1.807) is 56.7 Å². The van der Waals surface area contributed by atoms with Crippen molar-refractivity contribution in [3.63, 3.8) is 0 Å². The third kappa shape index (κ3) is 4.29. The van der Waals surface area contributed by atoms with Crippen molar-refractivity contribution in [3.05, 3.63) is 59.9 Å². The molecule has 8 heteroatoms. The van der Waals surface area contributed by atoms with Crippen molar-refractivity contribution < 1.29 is 22.4 Å². The maximum Gasteiger partial charge on any atom is 0.240 e. The zero-order valence-corrected chi connectivity index (χ0v) is 16.0. The lowest BCUT2D eigenvalue weighted by Crippen LogP contribution is -2.22. The molecule has 0 aliphatic rings. The lowest BCUT2D eigenvalue weighted by molar-refractivity contribution is 0.355. The third-order valence-electron chi connectivity index (χ3n) is 4.01. The fraction of sp³-hybridized carbons (Fsp3) is 0.211. The largest absolute Gasteiger partial charge is 0.493 e. The van der Waals surface area contributed by atoms with Gasteiger partial charge >= 0.3 is 0 Å². The van der Waals surface area contributed by atoms with Crippen LogP contribution in [0.25, 0.3) is 11.3 Å². The fourth-order valence-electron chi connectivity index (χ4n) is 2.49. The van der Waals surface area contributed by atoms with Crippen molar-refractivity contribution >= 4 is 10.0 Å². The minimum absolute atomic E-state index is 0.00347. The van der Waals surface area contributed by atoms with Gasteiger partial charge < -0.3 is 14.0 Å². The van der Waals surface area contributed by atoms with Crippen molar-refractivity contribution in [2.75, 3.05) is 14.2 Å². The molecule has 1 aromatic heterocycles. The molecule has 7 nitrogen and oxygen atoms in total. The molecule has 0 saturated carbocycles. The molecule has 142 valence electrons. The van der Waals surface area contributed by atoms with Crippen molar-refractivity contribution in [3.8, 4) is 22.8 Å². The smallest absolute Gasteiger partial charge is 0.240 e. The first-order valence-electron chi connectivity index (χ1n) is 8.17. The van der Waals surface area contributed by atoms with Crippen LogP contribution in [0.5, 0.6) is 11.5 Å². The Morgan fingerprint density at radius 3 is 2.37 bits per heavy atom. The number of hydrogen-bond donors (Lipinski definition) is 1. The van der Waals surface area contributed by atoms with Gasteiger partial charge in [0.2, 0.25) is 10.0 Å². The molecule has 27 heavy (non-hydrogen) atoms. The van der Waals surface area contributed by atoms with Crippen LogP contribution in [0.1, 0.15) is 11.3 Å². The van der Waals surface area contributed by atoms with Crippen LogP contribution in [0.3, 0.4) is 0 Å². The molecular formula is C19H20N2O5S. The van der Waals surface area contributed by atoms with E-state index in [4.69, 9.17) is 14.0 Å². The van der Waals surface area contributed by atoms with Gasteiger partial charge in [0.15, 0.2) is 17.3 Å². The monoisotopic (exact) mass is 388 g/mol. The van der Waals surface area contributed by atoms with Crippen LogP contribution < -0.4 is 14.2 Å². The highest BCUT2D eigenvalue weighted by Crippen LogP contribution is 2.32. The van der Waals surface area contributed by atoms with E-state index in [0.717, 1.165) is 11.1 Å². The summed E-state index contributed by atoms with van der Waals surface area (Å²) in [5.74, 6) is 1.57. The molecule has 0 unspecified atom stereocenters. The zero-order valence-electron chi connectivity index (χ0n) is 15.2. The quantitative estimate of drug-likeness (QED) is 0.669. The molecule has 1 N–H and O–H groups in total. The normalized spacial score (nSPS) is 11.4. The minimum atomic E-state index is -3.62. The van der Waals surface area contributed by atoms with E-state index in [-0.39, 0.29) is 11.4 Å². The number of hydrogen-bond acceptors (Lipinski definition) is 6. The van der Waals surface area contributed by atoms with Crippen LogP contribution in [-0.4, -0.2) is 27.8 Å². The first kappa shape index (κ1) is 18.9. The van der Waals surface area contributed by atoms with Gasteiger partial charge in [0, 0.05) is 11.6 Å². The predicted molar refractivity (Wildman–Crippen MR) is 100 cm³/mol. The number of rotatable bonds is 7. The standard InChI is InChI=1S/C19H20N2O5S/c1-13-4-7-16(8-5-13)27(22,23)20-12-15-11-17(21-26-15)14-6-9-18(24-2)19(10-14)25-3/h4-11,20H,12H2,1-3H3. The molecule has 2 aromatic carbocycles. The van der Waals surface area contributed by atoms with Gasteiger partial charge in [0.1, 0.15) is 5.69 Å². The maximum absolute atomic E-state index is 12.3. The summed E-state index contributed by atoms with van der Waals surface area (Å²) in [6, 6.07) is 13.7. The number of methoxy groups -OCH3 is 2. The summed E-state index contributed by atoms with van der Waals surface area (Å²) < 4.78 is 42.9. The third-order valence-corrected chi connectivity index (χ3v) is 5.42. The number of sulfonamides is 1. The molecule has 1 heterocycles. The summed E-state index contributed by atoms with van der Waals surface area (Å²) >= 11 is 0. The topological polar surface area (TPSA) is 90.7 Å². The number of benzene rings is 2. The summed E-state index contributed by atoms with van der Waals surface area (Å²) in [4.78, 5) is 0.202. The molecule has 0 radical (unpaired) electrons. The highest BCUT2D eigenvalue weighted by Gasteiger charge is 2.16.